The lowest BCUT2D eigenvalue weighted by Gasteiger charge is -2.22. The van der Waals surface area contributed by atoms with E-state index in [4.69, 9.17) is 5.73 Å². The van der Waals surface area contributed by atoms with Gasteiger partial charge in [-0.3, -0.25) is 9.69 Å². The largest absolute Gasteiger partial charge is 0.416 e. The quantitative estimate of drug-likeness (QED) is 0.877. The van der Waals surface area contributed by atoms with Crippen LogP contribution < -0.4 is 11.1 Å². The fraction of sp³-hybridized carbons (Fsp3) is 0.533. The summed E-state index contributed by atoms with van der Waals surface area (Å²) in [6, 6.07) is 4.63. The maximum atomic E-state index is 12.6. The third-order valence-corrected chi connectivity index (χ3v) is 3.97. The molecule has 1 saturated heterocycles. The number of halogens is 4. The number of hydrogen-bond donors (Lipinski definition) is 2. The zero-order valence-corrected chi connectivity index (χ0v) is 13.6. The summed E-state index contributed by atoms with van der Waals surface area (Å²) in [4.78, 5) is 13.9. The summed E-state index contributed by atoms with van der Waals surface area (Å²) >= 11 is 0. The van der Waals surface area contributed by atoms with E-state index in [1.54, 1.807) is 0 Å². The molecule has 0 aliphatic carbocycles. The molecule has 1 heterocycles. The van der Waals surface area contributed by atoms with Gasteiger partial charge in [0.2, 0.25) is 5.91 Å². The molecule has 23 heavy (non-hydrogen) atoms. The molecular weight excluding hydrogens is 331 g/mol. The Morgan fingerprint density at radius 2 is 2.13 bits per heavy atom. The summed E-state index contributed by atoms with van der Waals surface area (Å²) in [6.45, 7) is 4.27. The van der Waals surface area contributed by atoms with Gasteiger partial charge in [0.25, 0.3) is 0 Å². The van der Waals surface area contributed by atoms with Crippen LogP contribution in [0.4, 0.5) is 18.9 Å². The van der Waals surface area contributed by atoms with E-state index in [0.29, 0.717) is 6.54 Å². The van der Waals surface area contributed by atoms with Crippen molar-refractivity contribution in [3.05, 3.63) is 29.8 Å². The molecule has 130 valence electrons. The Hall–Kier alpha value is -1.31. The van der Waals surface area contributed by atoms with Crippen LogP contribution in [-0.4, -0.2) is 37.0 Å². The lowest BCUT2D eigenvalue weighted by atomic mass is 9.90. The van der Waals surface area contributed by atoms with Crippen molar-refractivity contribution in [2.24, 2.45) is 11.1 Å². The lowest BCUT2D eigenvalue weighted by Crippen LogP contribution is -2.35. The first-order chi connectivity index (χ1) is 10.2. The summed E-state index contributed by atoms with van der Waals surface area (Å²) in [7, 11) is 0. The predicted octanol–water partition coefficient (Wildman–Crippen LogP) is 2.74. The third-order valence-electron chi connectivity index (χ3n) is 3.97. The number of nitrogens with two attached hydrogens (primary N) is 1. The molecule has 1 fully saturated rings. The number of nitrogens with one attached hydrogen (secondary N) is 1. The van der Waals surface area contributed by atoms with Gasteiger partial charge in [-0.05, 0) is 43.1 Å². The number of carbonyl (C=O) groups is 1. The van der Waals surface area contributed by atoms with Crippen molar-refractivity contribution < 1.29 is 18.0 Å². The van der Waals surface area contributed by atoms with Crippen molar-refractivity contribution in [2.75, 3.05) is 31.5 Å². The minimum Gasteiger partial charge on any atom is -0.330 e. The highest BCUT2D eigenvalue weighted by Gasteiger charge is 2.33. The lowest BCUT2D eigenvalue weighted by molar-refractivity contribution is -0.137. The molecule has 4 nitrogen and oxygen atoms in total. The summed E-state index contributed by atoms with van der Waals surface area (Å²) in [5, 5.41) is 2.51. The molecule has 1 amide bonds. The van der Waals surface area contributed by atoms with Gasteiger partial charge in [-0.2, -0.15) is 13.2 Å². The molecule has 0 radical (unpaired) electrons. The third kappa shape index (κ3) is 5.37. The highest BCUT2D eigenvalue weighted by molar-refractivity contribution is 5.92. The Labute approximate surface area is 139 Å². The van der Waals surface area contributed by atoms with Crippen LogP contribution in [0.5, 0.6) is 0 Å². The smallest absolute Gasteiger partial charge is 0.330 e. The van der Waals surface area contributed by atoms with Crippen LogP contribution in [0.25, 0.3) is 0 Å². The van der Waals surface area contributed by atoms with Gasteiger partial charge in [0.1, 0.15) is 0 Å². The van der Waals surface area contributed by atoms with E-state index >= 15 is 0 Å². The van der Waals surface area contributed by atoms with E-state index in [-0.39, 0.29) is 36.0 Å². The molecule has 1 aromatic rings. The monoisotopic (exact) mass is 351 g/mol. The number of anilines is 1. The van der Waals surface area contributed by atoms with Crippen molar-refractivity contribution >= 4 is 24.0 Å². The standard InChI is InChI=1S/C15H20F3N3O.ClH/c1-14(9-19)5-6-21(10-14)8-13(22)20-12-4-2-3-11(7-12)15(16,17)18;/h2-4,7H,5-6,8-10,19H2,1H3,(H,20,22);1H. The second-order valence-corrected chi connectivity index (χ2v) is 6.10. The van der Waals surface area contributed by atoms with E-state index < -0.39 is 11.7 Å². The van der Waals surface area contributed by atoms with Gasteiger partial charge in [0, 0.05) is 12.2 Å². The molecule has 1 aromatic carbocycles. The van der Waals surface area contributed by atoms with Crippen LogP contribution in [0.2, 0.25) is 0 Å². The zero-order chi connectivity index (χ0) is 16.4. The second kappa shape index (κ2) is 7.51. The van der Waals surface area contributed by atoms with Crippen molar-refractivity contribution in [3.8, 4) is 0 Å². The molecule has 2 rings (SSSR count). The first kappa shape index (κ1) is 19.7. The summed E-state index contributed by atoms with van der Waals surface area (Å²) in [5.74, 6) is -0.319. The van der Waals surface area contributed by atoms with Gasteiger partial charge in [0.05, 0.1) is 12.1 Å². The number of likely N-dealkylation sites (tertiary alicyclic amines) is 1. The normalized spacial score (nSPS) is 21.8. The van der Waals surface area contributed by atoms with Crippen LogP contribution >= 0.6 is 12.4 Å². The Morgan fingerprint density at radius 1 is 1.43 bits per heavy atom. The Kier molecular flexibility index (Phi) is 6.44. The molecular formula is C15H21ClF3N3O. The van der Waals surface area contributed by atoms with E-state index in [1.807, 2.05) is 4.90 Å². The summed E-state index contributed by atoms with van der Waals surface area (Å²) < 4.78 is 37.9. The second-order valence-electron chi connectivity index (χ2n) is 6.10. The van der Waals surface area contributed by atoms with Gasteiger partial charge in [-0.15, -0.1) is 12.4 Å². The topological polar surface area (TPSA) is 58.4 Å². The maximum Gasteiger partial charge on any atom is 0.416 e. The minimum absolute atomic E-state index is 0. The van der Waals surface area contributed by atoms with Gasteiger partial charge in [-0.25, -0.2) is 0 Å². The van der Waals surface area contributed by atoms with Gasteiger partial charge in [0.15, 0.2) is 0 Å². The predicted molar refractivity (Wildman–Crippen MR) is 85.5 cm³/mol. The first-order valence-electron chi connectivity index (χ1n) is 7.11. The number of alkyl halides is 3. The fourth-order valence-electron chi connectivity index (χ4n) is 2.60. The number of carbonyl (C=O) groups excluding carboxylic acids is 1. The van der Waals surface area contributed by atoms with Gasteiger partial charge < -0.3 is 11.1 Å². The Morgan fingerprint density at radius 3 is 2.70 bits per heavy atom. The van der Waals surface area contributed by atoms with E-state index in [9.17, 15) is 18.0 Å². The molecule has 0 saturated carbocycles. The minimum atomic E-state index is -4.42. The van der Waals surface area contributed by atoms with E-state index in [2.05, 4.69) is 12.2 Å². The molecule has 1 aliphatic rings. The Bertz CT molecular complexity index is 553. The van der Waals surface area contributed by atoms with E-state index in [1.165, 1.54) is 12.1 Å². The first-order valence-corrected chi connectivity index (χ1v) is 7.11. The average Bonchev–Trinajstić information content (AvgIpc) is 2.80. The van der Waals surface area contributed by atoms with Crippen LogP contribution in [0.15, 0.2) is 24.3 Å². The van der Waals surface area contributed by atoms with Crippen LogP contribution in [0.3, 0.4) is 0 Å². The summed E-state index contributed by atoms with van der Waals surface area (Å²) in [6.07, 6.45) is -3.50. The zero-order valence-electron chi connectivity index (χ0n) is 12.8. The SMILES string of the molecule is CC1(CN)CCN(CC(=O)Nc2cccc(C(F)(F)F)c2)C1.Cl. The highest BCUT2D eigenvalue weighted by Crippen LogP contribution is 2.31. The Balaban J connectivity index is 0.00000264. The van der Waals surface area contributed by atoms with Gasteiger partial charge in [-0.1, -0.05) is 13.0 Å². The molecule has 1 aliphatic heterocycles. The highest BCUT2D eigenvalue weighted by atomic mass is 35.5. The molecule has 0 aromatic heterocycles. The van der Waals surface area contributed by atoms with Crippen molar-refractivity contribution in [3.63, 3.8) is 0 Å². The van der Waals surface area contributed by atoms with Crippen LogP contribution in [-0.2, 0) is 11.0 Å². The van der Waals surface area contributed by atoms with Crippen LogP contribution in [0.1, 0.15) is 18.9 Å². The average molecular weight is 352 g/mol. The number of hydrogen-bond acceptors (Lipinski definition) is 3. The number of benzene rings is 1. The van der Waals surface area contributed by atoms with Crippen molar-refractivity contribution in [2.45, 2.75) is 19.5 Å². The summed E-state index contributed by atoms with van der Waals surface area (Å²) in [5.41, 5.74) is 5.10. The van der Waals surface area contributed by atoms with E-state index in [0.717, 1.165) is 31.6 Å². The molecule has 3 N–H and O–H groups in total. The number of rotatable bonds is 4. The maximum absolute atomic E-state index is 12.6. The van der Waals surface area contributed by atoms with Crippen molar-refractivity contribution in [1.29, 1.82) is 0 Å². The molecule has 1 atom stereocenters. The van der Waals surface area contributed by atoms with Crippen LogP contribution in [0, 0.1) is 5.41 Å². The molecule has 1 unspecified atom stereocenters. The molecule has 8 heteroatoms. The fourth-order valence-corrected chi connectivity index (χ4v) is 2.60. The van der Waals surface area contributed by atoms with Crippen molar-refractivity contribution in [1.82, 2.24) is 4.90 Å². The molecule has 0 spiro atoms. The molecule has 0 bridgehead atoms. The number of nitrogens with zero attached hydrogens (tertiary/aromatic N) is 1. The van der Waals surface area contributed by atoms with Gasteiger partial charge >= 0.3 is 6.18 Å². The number of amides is 1.